The van der Waals surface area contributed by atoms with Crippen LogP contribution in [0.2, 0.25) is 0 Å². The first-order chi connectivity index (χ1) is 7.51. The Morgan fingerprint density at radius 3 is 1.33 bits per heavy atom. The summed E-state index contributed by atoms with van der Waals surface area (Å²) < 4.78 is 0. The SMILES string of the molecule is O=C(O)CC(O)(CC(=O)O)C(=O)O.O=[N+]([O-])[O-].[Ce]. The van der Waals surface area contributed by atoms with E-state index in [0.29, 0.717) is 0 Å². The first kappa shape index (κ1) is 22.2. The number of aliphatic hydroxyl groups is 1. The Bertz CT molecular complexity index is 308. The molecule has 0 bridgehead atoms. The summed E-state index contributed by atoms with van der Waals surface area (Å²) in [6.45, 7) is 0. The van der Waals surface area contributed by atoms with Gasteiger partial charge in [-0.3, -0.25) is 9.59 Å². The molecule has 0 aromatic carbocycles. The molecule has 0 aromatic rings. The maximum atomic E-state index is 10.3. The Morgan fingerprint density at radius 1 is 1.00 bits per heavy atom. The van der Waals surface area contributed by atoms with E-state index < -0.39 is 41.4 Å². The van der Waals surface area contributed by atoms with E-state index in [1.54, 1.807) is 0 Å². The van der Waals surface area contributed by atoms with Crippen LogP contribution in [-0.2, 0) is 14.4 Å². The van der Waals surface area contributed by atoms with E-state index in [0.717, 1.165) is 0 Å². The summed E-state index contributed by atoms with van der Waals surface area (Å²) in [4.78, 5) is 38.7. The topological polar surface area (TPSA) is 198 Å². The van der Waals surface area contributed by atoms with Crippen molar-refractivity contribution in [2.45, 2.75) is 18.4 Å². The predicted molar refractivity (Wildman–Crippen MR) is 47.5 cm³/mol. The number of hydrogen-bond donors (Lipinski definition) is 4. The molecule has 18 heavy (non-hydrogen) atoms. The second-order valence-corrected chi connectivity index (χ2v) is 2.70. The van der Waals surface area contributed by atoms with E-state index in [9.17, 15) is 14.4 Å². The number of rotatable bonds is 5. The molecule has 0 aromatic heterocycles. The molecule has 0 saturated carbocycles. The van der Waals surface area contributed by atoms with Crippen LogP contribution < -0.4 is 0 Å². The summed E-state index contributed by atoms with van der Waals surface area (Å²) >= 11 is 0. The van der Waals surface area contributed by atoms with Crippen LogP contribution in [0.1, 0.15) is 12.8 Å². The van der Waals surface area contributed by atoms with Gasteiger partial charge in [-0.1, -0.05) is 0 Å². The molecule has 4 N–H and O–H groups in total. The minimum absolute atomic E-state index is 0. The van der Waals surface area contributed by atoms with Crippen LogP contribution >= 0.6 is 0 Å². The number of hydrogen-bond acceptors (Lipinski definition) is 7. The first-order valence-corrected chi connectivity index (χ1v) is 3.72. The predicted octanol–water partition coefficient (Wildman–Crippen LogP) is -1.49. The Labute approximate surface area is 133 Å². The van der Waals surface area contributed by atoms with Gasteiger partial charge in [-0.15, -0.1) is 0 Å². The van der Waals surface area contributed by atoms with Gasteiger partial charge in [0.25, 0.3) is 0 Å². The minimum Gasteiger partial charge on any atom is -0.481 e. The fourth-order valence-electron chi connectivity index (χ4n) is 0.714. The third-order valence-electron chi connectivity index (χ3n) is 1.29. The molecule has 0 heterocycles. The Kier molecular flexibility index (Phi) is 12.2. The molecule has 0 aliphatic heterocycles. The molecule has 0 spiro atoms. The van der Waals surface area contributed by atoms with Gasteiger partial charge >= 0.3 is 17.9 Å². The van der Waals surface area contributed by atoms with Crippen molar-refractivity contribution in [3.8, 4) is 0 Å². The quantitative estimate of drug-likeness (QED) is 0.315. The average Bonchev–Trinajstić information content (AvgIpc) is 1.98. The average molecular weight is 394 g/mol. The number of carbonyl (C=O) groups is 3. The maximum Gasteiger partial charge on any atom is 0.336 e. The Morgan fingerprint density at radius 2 is 1.22 bits per heavy atom. The van der Waals surface area contributed by atoms with Crippen molar-refractivity contribution in [3.05, 3.63) is 15.3 Å². The third kappa shape index (κ3) is 13.0. The van der Waals surface area contributed by atoms with Gasteiger partial charge in [0.2, 0.25) is 0 Å². The van der Waals surface area contributed by atoms with E-state index in [2.05, 4.69) is 0 Å². The molecule has 11 nitrogen and oxygen atoms in total. The monoisotopic (exact) mass is 394 g/mol. The van der Waals surface area contributed by atoms with Crippen molar-refractivity contribution in [3.63, 3.8) is 0 Å². The molecule has 0 aliphatic carbocycles. The Hall–Kier alpha value is -1.05. The van der Waals surface area contributed by atoms with E-state index in [-0.39, 0.29) is 41.7 Å². The second-order valence-electron chi connectivity index (χ2n) is 2.70. The summed E-state index contributed by atoms with van der Waals surface area (Å²) in [5.74, 6) is -5.02. The summed E-state index contributed by atoms with van der Waals surface area (Å²) in [6, 6.07) is 0. The molecule has 0 fully saturated rings. The smallest absolute Gasteiger partial charge is 0.336 e. The van der Waals surface area contributed by atoms with Crippen LogP contribution in [0.4, 0.5) is 0 Å². The maximum absolute atomic E-state index is 10.3. The van der Waals surface area contributed by atoms with Gasteiger partial charge in [0, 0.05) is 41.7 Å². The van der Waals surface area contributed by atoms with Crippen molar-refractivity contribution in [1.29, 1.82) is 0 Å². The first-order valence-electron chi connectivity index (χ1n) is 3.72. The van der Waals surface area contributed by atoms with Gasteiger partial charge in [0.1, 0.15) is 0 Å². The third-order valence-corrected chi connectivity index (χ3v) is 1.29. The van der Waals surface area contributed by atoms with E-state index in [1.807, 2.05) is 0 Å². The molecule has 0 rings (SSSR count). The van der Waals surface area contributed by atoms with Crippen LogP contribution in [0, 0.1) is 57.1 Å². The standard InChI is InChI=1S/C6H8O7.Ce.NO3/c7-3(8)1-6(13,5(11)12)2-4(9)10;;2-1(3)4/h13H,1-2H2,(H,7,8)(H,9,10)(H,11,12);;/q;;-1. The van der Waals surface area contributed by atoms with Gasteiger partial charge in [0.15, 0.2) is 5.60 Å². The molecule has 0 unspecified atom stereocenters. The van der Waals surface area contributed by atoms with E-state index >= 15 is 0 Å². The second kappa shape index (κ2) is 9.92. The fraction of sp³-hybridized carbons (Fsp3) is 0.500. The molecule has 0 aliphatic rings. The summed E-state index contributed by atoms with van der Waals surface area (Å²) in [5, 5.41) is 48.6. The zero-order valence-electron chi connectivity index (χ0n) is 8.60. The van der Waals surface area contributed by atoms with Crippen molar-refractivity contribution in [1.82, 2.24) is 0 Å². The van der Waals surface area contributed by atoms with Crippen LogP contribution in [-0.4, -0.2) is 49.0 Å². The van der Waals surface area contributed by atoms with E-state index in [4.69, 9.17) is 35.7 Å². The largest absolute Gasteiger partial charge is 0.481 e. The van der Waals surface area contributed by atoms with Gasteiger partial charge in [-0.25, -0.2) is 4.79 Å². The van der Waals surface area contributed by atoms with Crippen LogP contribution in [0.3, 0.4) is 0 Å². The van der Waals surface area contributed by atoms with Crippen molar-refractivity contribution < 1.29 is 81.6 Å². The molecule has 12 heteroatoms. The molecule has 0 saturated heterocycles. The molecule has 102 valence electrons. The summed E-state index contributed by atoms with van der Waals surface area (Å²) in [5.41, 5.74) is -2.74. The summed E-state index contributed by atoms with van der Waals surface area (Å²) in [6.07, 6.45) is -2.29. The van der Waals surface area contributed by atoms with Crippen molar-refractivity contribution in [2.24, 2.45) is 0 Å². The number of aliphatic carboxylic acids is 3. The van der Waals surface area contributed by atoms with Crippen molar-refractivity contribution >= 4 is 17.9 Å². The zero-order chi connectivity index (χ0) is 14.2. The normalized spacial score (nSPS) is 9.17. The van der Waals surface area contributed by atoms with Gasteiger partial charge in [-0.05, 0) is 0 Å². The van der Waals surface area contributed by atoms with Crippen molar-refractivity contribution in [2.75, 3.05) is 0 Å². The summed E-state index contributed by atoms with van der Waals surface area (Å²) in [7, 11) is 0. The molecule has 0 amide bonds. The molecular weight excluding hydrogens is 386 g/mol. The van der Waals surface area contributed by atoms with Gasteiger partial charge < -0.3 is 35.7 Å². The molecule has 0 atom stereocenters. The van der Waals surface area contributed by atoms with Gasteiger partial charge in [0.05, 0.1) is 17.9 Å². The molecule has 0 radical (unpaired) electrons. The number of carboxylic acid groups (broad SMARTS) is 3. The van der Waals surface area contributed by atoms with Gasteiger partial charge in [-0.2, -0.15) is 0 Å². The molecular formula is C6H8CeNO10-. The van der Waals surface area contributed by atoms with E-state index in [1.165, 1.54) is 0 Å². The zero-order valence-corrected chi connectivity index (χ0v) is 11.7. The number of nitrogens with zero attached hydrogens (tertiary/aromatic N) is 1. The van der Waals surface area contributed by atoms with Crippen LogP contribution in [0.25, 0.3) is 0 Å². The van der Waals surface area contributed by atoms with Crippen LogP contribution in [0.5, 0.6) is 0 Å². The number of carboxylic acids is 3. The van der Waals surface area contributed by atoms with Crippen LogP contribution in [0.15, 0.2) is 0 Å². The fourth-order valence-corrected chi connectivity index (χ4v) is 0.714. The minimum atomic E-state index is -2.74. The Balaban J connectivity index is -0.000000392.